The van der Waals surface area contributed by atoms with Crippen molar-refractivity contribution in [3.8, 4) is 0 Å². The van der Waals surface area contributed by atoms with Crippen molar-refractivity contribution in [2.24, 2.45) is 12.8 Å². The fraction of sp³-hybridized carbons (Fsp3) is 0.750. The lowest BCUT2D eigenvalue weighted by atomic mass is 10.2. The quantitative estimate of drug-likeness (QED) is 0.749. The van der Waals surface area contributed by atoms with E-state index in [1.54, 1.807) is 7.11 Å². The third kappa shape index (κ3) is 4.46. The predicted molar refractivity (Wildman–Crippen MR) is 68.8 cm³/mol. The van der Waals surface area contributed by atoms with E-state index in [9.17, 15) is 0 Å². The van der Waals surface area contributed by atoms with Crippen LogP contribution in [0.1, 0.15) is 18.3 Å². The van der Waals surface area contributed by atoms with Crippen LogP contribution in [0.15, 0.2) is 6.07 Å². The molecule has 1 rings (SSSR count). The van der Waals surface area contributed by atoms with Gasteiger partial charge in [-0.1, -0.05) is 6.92 Å². The maximum atomic E-state index is 5.92. The smallest absolute Gasteiger partial charge is 0.0626 e. The lowest BCUT2D eigenvalue weighted by Crippen LogP contribution is -2.38. The highest BCUT2D eigenvalue weighted by atomic mass is 16.5. The van der Waals surface area contributed by atoms with Gasteiger partial charge in [-0.25, -0.2) is 0 Å². The van der Waals surface area contributed by atoms with Crippen LogP contribution in [0.25, 0.3) is 0 Å². The highest BCUT2D eigenvalue weighted by Gasteiger charge is 2.10. The SMILES string of the molecule is CCc1cc(CN(C)CC(N)COC)n(C)n1. The van der Waals surface area contributed by atoms with Crippen LogP contribution in [-0.4, -0.2) is 48.0 Å². The first-order valence-electron chi connectivity index (χ1n) is 6.01. The second-order valence-corrected chi connectivity index (χ2v) is 4.52. The van der Waals surface area contributed by atoms with Gasteiger partial charge in [0.15, 0.2) is 0 Å². The Morgan fingerprint density at radius 3 is 2.82 bits per heavy atom. The van der Waals surface area contributed by atoms with Crippen LogP contribution in [0, 0.1) is 0 Å². The Hall–Kier alpha value is -0.910. The molecule has 0 saturated heterocycles. The Labute approximate surface area is 104 Å². The first kappa shape index (κ1) is 14.2. The largest absolute Gasteiger partial charge is 0.383 e. The number of hydrogen-bond acceptors (Lipinski definition) is 4. The van der Waals surface area contributed by atoms with Crippen molar-refractivity contribution in [1.29, 1.82) is 0 Å². The number of hydrogen-bond donors (Lipinski definition) is 1. The maximum absolute atomic E-state index is 5.92. The zero-order valence-electron chi connectivity index (χ0n) is 11.3. The number of nitrogens with zero attached hydrogens (tertiary/aromatic N) is 3. The van der Waals surface area contributed by atoms with E-state index in [2.05, 4.69) is 30.0 Å². The molecule has 0 aliphatic rings. The van der Waals surface area contributed by atoms with Crippen LogP contribution < -0.4 is 5.73 Å². The molecule has 5 heteroatoms. The number of ether oxygens (including phenoxy) is 1. The van der Waals surface area contributed by atoms with Gasteiger partial charge in [0.05, 0.1) is 18.0 Å². The molecule has 0 aliphatic carbocycles. The average Bonchev–Trinajstić information content (AvgIpc) is 2.59. The van der Waals surface area contributed by atoms with E-state index in [-0.39, 0.29) is 6.04 Å². The number of rotatable bonds is 7. The Kier molecular flexibility index (Phi) is 5.61. The number of likely N-dealkylation sites (N-methyl/N-ethyl adjacent to an activating group) is 1. The molecule has 1 unspecified atom stereocenters. The Bertz CT molecular complexity index is 337. The number of aryl methyl sites for hydroxylation is 2. The lowest BCUT2D eigenvalue weighted by Gasteiger charge is -2.20. The van der Waals surface area contributed by atoms with Crippen molar-refractivity contribution in [2.75, 3.05) is 27.3 Å². The molecule has 0 aromatic carbocycles. The van der Waals surface area contributed by atoms with E-state index in [4.69, 9.17) is 10.5 Å². The second kappa shape index (κ2) is 6.74. The van der Waals surface area contributed by atoms with E-state index in [0.717, 1.165) is 25.2 Å². The summed E-state index contributed by atoms with van der Waals surface area (Å²) >= 11 is 0. The van der Waals surface area contributed by atoms with Crippen LogP contribution in [0.3, 0.4) is 0 Å². The summed E-state index contributed by atoms with van der Waals surface area (Å²) in [6.45, 7) is 4.39. The van der Waals surface area contributed by atoms with Gasteiger partial charge in [0.25, 0.3) is 0 Å². The van der Waals surface area contributed by atoms with E-state index in [1.807, 2.05) is 11.7 Å². The molecule has 1 aromatic heterocycles. The minimum absolute atomic E-state index is 0.0591. The molecule has 0 saturated carbocycles. The Morgan fingerprint density at radius 2 is 2.29 bits per heavy atom. The molecule has 1 aromatic rings. The summed E-state index contributed by atoms with van der Waals surface area (Å²) in [7, 11) is 5.72. The topological polar surface area (TPSA) is 56.3 Å². The number of aromatic nitrogens is 2. The predicted octanol–water partition coefficient (Wildman–Crippen LogP) is 0.388. The van der Waals surface area contributed by atoms with Crippen molar-refractivity contribution in [3.63, 3.8) is 0 Å². The van der Waals surface area contributed by atoms with E-state index in [0.29, 0.717) is 6.61 Å². The van der Waals surface area contributed by atoms with Gasteiger partial charge in [-0.2, -0.15) is 5.10 Å². The van der Waals surface area contributed by atoms with Gasteiger partial charge in [0.1, 0.15) is 0 Å². The maximum Gasteiger partial charge on any atom is 0.0626 e. The standard InChI is InChI=1S/C12H24N4O/c1-5-11-6-12(16(3)14-11)8-15(2)7-10(13)9-17-4/h6,10H,5,7-9,13H2,1-4H3. The summed E-state index contributed by atoms with van der Waals surface area (Å²) in [5.74, 6) is 0. The third-order valence-electron chi connectivity index (χ3n) is 2.75. The van der Waals surface area contributed by atoms with Crippen molar-refractivity contribution >= 4 is 0 Å². The van der Waals surface area contributed by atoms with E-state index >= 15 is 0 Å². The Morgan fingerprint density at radius 1 is 1.59 bits per heavy atom. The second-order valence-electron chi connectivity index (χ2n) is 4.52. The fourth-order valence-corrected chi connectivity index (χ4v) is 1.90. The first-order valence-corrected chi connectivity index (χ1v) is 6.01. The molecule has 0 fully saturated rings. The molecule has 0 radical (unpaired) electrons. The van der Waals surface area contributed by atoms with E-state index in [1.165, 1.54) is 5.69 Å². The number of methoxy groups -OCH3 is 1. The summed E-state index contributed by atoms with van der Waals surface area (Å²) in [6.07, 6.45) is 0.973. The third-order valence-corrected chi connectivity index (χ3v) is 2.75. The molecule has 17 heavy (non-hydrogen) atoms. The summed E-state index contributed by atoms with van der Waals surface area (Å²) in [4.78, 5) is 2.19. The molecule has 0 bridgehead atoms. The van der Waals surface area contributed by atoms with Crippen molar-refractivity contribution in [3.05, 3.63) is 17.5 Å². The molecule has 0 aliphatic heterocycles. The summed E-state index contributed by atoms with van der Waals surface area (Å²) in [6, 6.07) is 2.21. The fourth-order valence-electron chi connectivity index (χ4n) is 1.90. The van der Waals surface area contributed by atoms with E-state index < -0.39 is 0 Å². The molecule has 0 spiro atoms. The van der Waals surface area contributed by atoms with Crippen LogP contribution >= 0.6 is 0 Å². The summed E-state index contributed by atoms with van der Waals surface area (Å²) < 4.78 is 6.97. The van der Waals surface area contributed by atoms with Crippen LogP contribution in [0.4, 0.5) is 0 Å². The first-order chi connectivity index (χ1) is 8.06. The monoisotopic (exact) mass is 240 g/mol. The molecule has 1 atom stereocenters. The van der Waals surface area contributed by atoms with Crippen LogP contribution in [0.5, 0.6) is 0 Å². The molecular weight excluding hydrogens is 216 g/mol. The minimum atomic E-state index is 0.0591. The van der Waals surface area contributed by atoms with Gasteiger partial charge >= 0.3 is 0 Å². The van der Waals surface area contributed by atoms with Crippen molar-refractivity contribution < 1.29 is 4.74 Å². The van der Waals surface area contributed by atoms with Gasteiger partial charge in [0.2, 0.25) is 0 Å². The molecule has 5 nitrogen and oxygen atoms in total. The van der Waals surface area contributed by atoms with Gasteiger partial charge in [0, 0.05) is 33.3 Å². The van der Waals surface area contributed by atoms with Crippen LogP contribution in [-0.2, 0) is 24.8 Å². The molecule has 98 valence electrons. The summed E-state index contributed by atoms with van der Waals surface area (Å²) in [5, 5.41) is 4.43. The van der Waals surface area contributed by atoms with Gasteiger partial charge in [-0.05, 0) is 19.5 Å². The molecular formula is C12H24N4O. The zero-order valence-corrected chi connectivity index (χ0v) is 11.3. The number of nitrogens with two attached hydrogens (primary N) is 1. The Balaban J connectivity index is 2.49. The highest BCUT2D eigenvalue weighted by Crippen LogP contribution is 2.06. The van der Waals surface area contributed by atoms with Gasteiger partial charge in [-0.15, -0.1) is 0 Å². The average molecular weight is 240 g/mol. The van der Waals surface area contributed by atoms with Crippen LogP contribution in [0.2, 0.25) is 0 Å². The van der Waals surface area contributed by atoms with Gasteiger partial charge < -0.3 is 10.5 Å². The molecule has 0 amide bonds. The normalized spacial score (nSPS) is 13.3. The molecule has 2 N–H and O–H groups in total. The van der Waals surface area contributed by atoms with Crippen molar-refractivity contribution in [1.82, 2.24) is 14.7 Å². The minimum Gasteiger partial charge on any atom is -0.383 e. The van der Waals surface area contributed by atoms with Gasteiger partial charge in [-0.3, -0.25) is 9.58 Å². The zero-order chi connectivity index (χ0) is 12.8. The highest BCUT2D eigenvalue weighted by molar-refractivity contribution is 5.10. The molecule has 1 heterocycles. The lowest BCUT2D eigenvalue weighted by molar-refractivity contribution is 0.159. The summed E-state index contributed by atoms with van der Waals surface area (Å²) in [5.41, 5.74) is 8.27. The van der Waals surface area contributed by atoms with Crippen molar-refractivity contribution in [2.45, 2.75) is 25.9 Å².